The summed E-state index contributed by atoms with van der Waals surface area (Å²) in [7, 11) is -1.17. The van der Waals surface area contributed by atoms with Gasteiger partial charge in [-0.2, -0.15) is 0 Å². The number of rotatable bonds is 6. The molecule has 0 aromatic carbocycles. The standard InChI is InChI=1S/C13H22N4O2S/c1-20(19)13-16-15-10-17(13)8-7-12(18)14-9-11-5-3-2-4-6-11/h10-11H,2-9H2,1H3,(H,14,18). The zero-order valence-corrected chi connectivity index (χ0v) is 12.7. The number of hydrogen-bond donors (Lipinski definition) is 1. The molecule has 0 bridgehead atoms. The molecule has 1 saturated carbocycles. The molecule has 1 heterocycles. The second-order valence-electron chi connectivity index (χ2n) is 5.32. The lowest BCUT2D eigenvalue weighted by Crippen LogP contribution is -2.30. The van der Waals surface area contributed by atoms with Crippen molar-refractivity contribution in [3.05, 3.63) is 6.33 Å². The molecule has 1 unspecified atom stereocenters. The molecule has 1 aliphatic carbocycles. The molecular formula is C13H22N4O2S. The predicted octanol–water partition coefficient (Wildman–Crippen LogP) is 1.10. The first kappa shape index (κ1) is 15.2. The third-order valence-electron chi connectivity index (χ3n) is 3.73. The highest BCUT2D eigenvalue weighted by molar-refractivity contribution is 7.84. The summed E-state index contributed by atoms with van der Waals surface area (Å²) in [4.78, 5) is 11.8. The van der Waals surface area contributed by atoms with E-state index >= 15 is 0 Å². The van der Waals surface area contributed by atoms with Crippen LogP contribution < -0.4 is 5.32 Å². The molecule has 0 saturated heterocycles. The van der Waals surface area contributed by atoms with Gasteiger partial charge in [0.25, 0.3) is 0 Å². The highest BCUT2D eigenvalue weighted by Gasteiger charge is 2.14. The van der Waals surface area contributed by atoms with Gasteiger partial charge in [0.2, 0.25) is 11.1 Å². The predicted molar refractivity (Wildman–Crippen MR) is 76.6 cm³/mol. The van der Waals surface area contributed by atoms with E-state index in [2.05, 4.69) is 15.5 Å². The van der Waals surface area contributed by atoms with Crippen LogP contribution in [0.3, 0.4) is 0 Å². The topological polar surface area (TPSA) is 76.9 Å². The van der Waals surface area contributed by atoms with E-state index in [1.165, 1.54) is 38.4 Å². The van der Waals surface area contributed by atoms with Crippen LogP contribution in [0.25, 0.3) is 0 Å². The monoisotopic (exact) mass is 298 g/mol. The van der Waals surface area contributed by atoms with Crippen LogP contribution in [0.1, 0.15) is 38.5 Å². The number of aryl methyl sites for hydroxylation is 1. The van der Waals surface area contributed by atoms with E-state index in [4.69, 9.17) is 0 Å². The van der Waals surface area contributed by atoms with Gasteiger partial charge in [-0.3, -0.25) is 9.00 Å². The molecule has 1 fully saturated rings. The Labute approximate surface area is 121 Å². The molecule has 1 aromatic rings. The van der Waals surface area contributed by atoms with E-state index in [-0.39, 0.29) is 5.91 Å². The fraction of sp³-hybridized carbons (Fsp3) is 0.769. The zero-order chi connectivity index (χ0) is 14.4. The average Bonchev–Trinajstić information content (AvgIpc) is 2.92. The van der Waals surface area contributed by atoms with Gasteiger partial charge in [0.1, 0.15) is 6.33 Å². The molecule has 2 rings (SSSR count). The Morgan fingerprint density at radius 1 is 1.45 bits per heavy atom. The van der Waals surface area contributed by atoms with Crippen LogP contribution >= 0.6 is 0 Å². The second-order valence-corrected chi connectivity index (χ2v) is 6.59. The third kappa shape index (κ3) is 4.40. The number of aromatic nitrogens is 3. The Balaban J connectivity index is 1.71. The first-order valence-electron chi connectivity index (χ1n) is 7.14. The van der Waals surface area contributed by atoms with Crippen molar-refractivity contribution in [2.75, 3.05) is 12.8 Å². The first-order chi connectivity index (χ1) is 9.66. The molecule has 1 aliphatic rings. The Morgan fingerprint density at radius 2 is 2.20 bits per heavy atom. The normalized spacial score (nSPS) is 17.9. The van der Waals surface area contributed by atoms with Gasteiger partial charge < -0.3 is 9.88 Å². The summed E-state index contributed by atoms with van der Waals surface area (Å²) in [6.45, 7) is 1.26. The van der Waals surface area contributed by atoms with E-state index in [0.29, 0.717) is 24.0 Å². The average molecular weight is 298 g/mol. The quantitative estimate of drug-likeness (QED) is 0.853. The molecule has 6 nitrogen and oxygen atoms in total. The maximum absolute atomic E-state index is 11.8. The molecule has 0 spiro atoms. The molecule has 0 aliphatic heterocycles. The summed E-state index contributed by atoms with van der Waals surface area (Å²) >= 11 is 0. The van der Waals surface area contributed by atoms with Gasteiger partial charge in [-0.1, -0.05) is 19.3 Å². The third-order valence-corrected chi connectivity index (χ3v) is 4.56. The number of carbonyl (C=O) groups excluding carboxylic acids is 1. The minimum absolute atomic E-state index is 0.0390. The summed E-state index contributed by atoms with van der Waals surface area (Å²) in [6, 6.07) is 0. The SMILES string of the molecule is CS(=O)c1nncn1CCC(=O)NCC1CCCCC1. The summed E-state index contributed by atoms with van der Waals surface area (Å²) in [6.07, 6.45) is 9.80. The van der Waals surface area contributed by atoms with Gasteiger partial charge in [-0.05, 0) is 18.8 Å². The van der Waals surface area contributed by atoms with Crippen LogP contribution in [0.15, 0.2) is 11.5 Å². The lowest BCUT2D eigenvalue weighted by Gasteiger charge is -2.21. The lowest BCUT2D eigenvalue weighted by atomic mass is 9.89. The zero-order valence-electron chi connectivity index (χ0n) is 11.9. The van der Waals surface area contributed by atoms with Crippen molar-refractivity contribution in [2.24, 2.45) is 5.92 Å². The van der Waals surface area contributed by atoms with Gasteiger partial charge in [-0.25, -0.2) is 0 Å². The van der Waals surface area contributed by atoms with Crippen LogP contribution in [0.4, 0.5) is 0 Å². The number of nitrogens with zero attached hydrogens (tertiary/aromatic N) is 3. The Hall–Kier alpha value is -1.24. The Kier molecular flexibility index (Phi) is 5.70. The largest absolute Gasteiger partial charge is 0.356 e. The van der Waals surface area contributed by atoms with Crippen molar-refractivity contribution in [3.8, 4) is 0 Å². The van der Waals surface area contributed by atoms with Crippen LogP contribution in [-0.2, 0) is 22.1 Å². The first-order valence-corrected chi connectivity index (χ1v) is 8.70. The highest BCUT2D eigenvalue weighted by atomic mass is 32.2. The van der Waals surface area contributed by atoms with Crippen LogP contribution in [-0.4, -0.2) is 37.7 Å². The van der Waals surface area contributed by atoms with Gasteiger partial charge in [0.15, 0.2) is 0 Å². The Morgan fingerprint density at radius 3 is 2.90 bits per heavy atom. The smallest absolute Gasteiger partial charge is 0.221 e. The molecule has 112 valence electrons. The molecule has 1 amide bonds. The van der Waals surface area contributed by atoms with Crippen LogP contribution in [0, 0.1) is 5.92 Å². The van der Waals surface area contributed by atoms with Crippen molar-refractivity contribution in [2.45, 2.75) is 50.2 Å². The maximum Gasteiger partial charge on any atom is 0.221 e. The molecule has 7 heteroatoms. The summed E-state index contributed by atoms with van der Waals surface area (Å²) in [5.74, 6) is 0.679. The van der Waals surface area contributed by atoms with Crippen molar-refractivity contribution >= 4 is 16.7 Å². The van der Waals surface area contributed by atoms with E-state index in [1.54, 1.807) is 10.8 Å². The highest BCUT2D eigenvalue weighted by Crippen LogP contribution is 2.22. The van der Waals surface area contributed by atoms with Gasteiger partial charge in [-0.15, -0.1) is 10.2 Å². The van der Waals surface area contributed by atoms with Gasteiger partial charge in [0.05, 0.1) is 10.8 Å². The van der Waals surface area contributed by atoms with E-state index < -0.39 is 10.8 Å². The Bertz CT molecular complexity index is 469. The summed E-state index contributed by atoms with van der Waals surface area (Å²) in [5.41, 5.74) is 0. The molecular weight excluding hydrogens is 276 g/mol. The maximum atomic E-state index is 11.8. The fourth-order valence-electron chi connectivity index (χ4n) is 2.58. The molecule has 20 heavy (non-hydrogen) atoms. The number of carbonyl (C=O) groups is 1. The molecule has 1 aromatic heterocycles. The summed E-state index contributed by atoms with van der Waals surface area (Å²) < 4.78 is 13.1. The summed E-state index contributed by atoms with van der Waals surface area (Å²) in [5, 5.41) is 10.9. The van der Waals surface area contributed by atoms with Gasteiger partial charge in [0, 0.05) is 25.8 Å². The minimum atomic E-state index is -1.17. The fourth-order valence-corrected chi connectivity index (χ4v) is 3.21. The van der Waals surface area contributed by atoms with E-state index in [1.807, 2.05) is 0 Å². The van der Waals surface area contributed by atoms with Crippen LogP contribution in [0.2, 0.25) is 0 Å². The van der Waals surface area contributed by atoms with Crippen molar-refractivity contribution in [1.82, 2.24) is 20.1 Å². The molecule has 1 atom stereocenters. The van der Waals surface area contributed by atoms with Gasteiger partial charge >= 0.3 is 0 Å². The van der Waals surface area contributed by atoms with Crippen LogP contribution in [0.5, 0.6) is 0 Å². The molecule has 0 radical (unpaired) electrons. The number of hydrogen-bond acceptors (Lipinski definition) is 4. The molecule has 1 N–H and O–H groups in total. The van der Waals surface area contributed by atoms with Crippen molar-refractivity contribution in [1.29, 1.82) is 0 Å². The number of nitrogens with one attached hydrogen (secondary N) is 1. The number of amides is 1. The second kappa shape index (κ2) is 7.52. The van der Waals surface area contributed by atoms with E-state index in [9.17, 15) is 9.00 Å². The lowest BCUT2D eigenvalue weighted by molar-refractivity contribution is -0.121. The minimum Gasteiger partial charge on any atom is -0.356 e. The van der Waals surface area contributed by atoms with E-state index in [0.717, 1.165) is 6.54 Å². The van der Waals surface area contributed by atoms with Crippen molar-refractivity contribution in [3.63, 3.8) is 0 Å². The van der Waals surface area contributed by atoms with Crippen molar-refractivity contribution < 1.29 is 9.00 Å².